The molecule has 0 radical (unpaired) electrons. The highest BCUT2D eigenvalue weighted by Gasteiger charge is 2.18. The van der Waals surface area contributed by atoms with Crippen molar-refractivity contribution in [3.63, 3.8) is 0 Å². The fraction of sp³-hybridized carbons (Fsp3) is 0.357. The fourth-order valence-corrected chi connectivity index (χ4v) is 1.62. The predicted octanol–water partition coefficient (Wildman–Crippen LogP) is 0.427. The van der Waals surface area contributed by atoms with Crippen LogP contribution in [-0.4, -0.2) is 42.6 Å². The highest BCUT2D eigenvalue weighted by molar-refractivity contribution is 5.70. The molecule has 2 amide bonds. The van der Waals surface area contributed by atoms with E-state index in [2.05, 4.69) is 9.47 Å². The van der Waals surface area contributed by atoms with Crippen molar-refractivity contribution in [3.8, 4) is 5.75 Å². The summed E-state index contributed by atoms with van der Waals surface area (Å²) in [4.78, 5) is 32.9. The highest BCUT2D eigenvalue weighted by atomic mass is 16.6. The Labute approximate surface area is 132 Å². The number of phenols is 1. The summed E-state index contributed by atoms with van der Waals surface area (Å²) in [7, 11) is 0. The van der Waals surface area contributed by atoms with Gasteiger partial charge in [0.05, 0.1) is 0 Å². The Kier molecular flexibility index (Phi) is 7.18. The van der Waals surface area contributed by atoms with Gasteiger partial charge in [0.15, 0.2) is 6.10 Å². The van der Waals surface area contributed by atoms with E-state index < -0.39 is 24.3 Å². The molecule has 9 nitrogen and oxygen atoms in total. The number of benzene rings is 1. The lowest BCUT2D eigenvalue weighted by molar-refractivity contribution is -0.153. The van der Waals surface area contributed by atoms with Gasteiger partial charge in [-0.1, -0.05) is 12.1 Å². The van der Waals surface area contributed by atoms with Crippen LogP contribution < -0.4 is 11.5 Å². The Morgan fingerprint density at radius 3 is 2.00 bits per heavy atom. The topological polar surface area (TPSA) is 151 Å². The minimum absolute atomic E-state index is 0.0500. The van der Waals surface area contributed by atoms with Crippen molar-refractivity contribution in [2.75, 3.05) is 13.2 Å². The molecule has 0 spiro atoms. The molecule has 0 unspecified atom stereocenters. The molecule has 0 fully saturated rings. The lowest BCUT2D eigenvalue weighted by atomic mass is 10.1. The number of hydrogen-bond acceptors (Lipinski definition) is 7. The van der Waals surface area contributed by atoms with Crippen LogP contribution in [0.5, 0.6) is 5.75 Å². The van der Waals surface area contributed by atoms with E-state index in [0.717, 1.165) is 5.56 Å². The number of rotatable bonds is 8. The van der Waals surface area contributed by atoms with Gasteiger partial charge in [0.25, 0.3) is 0 Å². The number of ether oxygens (including phenoxy) is 3. The average molecular weight is 326 g/mol. The van der Waals surface area contributed by atoms with Gasteiger partial charge in [0.2, 0.25) is 0 Å². The summed E-state index contributed by atoms with van der Waals surface area (Å²) in [6.45, 7) is -0.707. The van der Waals surface area contributed by atoms with Gasteiger partial charge >= 0.3 is 18.2 Å². The second kappa shape index (κ2) is 9.13. The van der Waals surface area contributed by atoms with Crippen LogP contribution in [0.4, 0.5) is 9.59 Å². The van der Waals surface area contributed by atoms with Gasteiger partial charge in [-0.15, -0.1) is 0 Å². The predicted molar refractivity (Wildman–Crippen MR) is 77.4 cm³/mol. The fourth-order valence-electron chi connectivity index (χ4n) is 1.62. The molecule has 9 heteroatoms. The number of carbonyl (C=O) groups excluding carboxylic acids is 3. The first-order valence-electron chi connectivity index (χ1n) is 6.68. The van der Waals surface area contributed by atoms with Crippen molar-refractivity contribution in [2.24, 2.45) is 11.5 Å². The Bertz CT molecular complexity index is 527. The number of nitrogens with two attached hydrogens (primary N) is 2. The summed E-state index contributed by atoms with van der Waals surface area (Å²) in [6.07, 6.45) is -2.65. The lowest BCUT2D eigenvalue weighted by Gasteiger charge is -2.17. The first-order valence-corrected chi connectivity index (χ1v) is 6.68. The molecule has 1 aromatic carbocycles. The van der Waals surface area contributed by atoms with Crippen molar-refractivity contribution < 1.29 is 33.7 Å². The smallest absolute Gasteiger partial charge is 0.404 e. The molecule has 0 atom stereocenters. The maximum absolute atomic E-state index is 11.8. The van der Waals surface area contributed by atoms with Crippen LogP contribution in [0.3, 0.4) is 0 Å². The van der Waals surface area contributed by atoms with Crippen molar-refractivity contribution in [1.29, 1.82) is 0 Å². The minimum atomic E-state index is -1.05. The molecule has 0 aliphatic heterocycles. The van der Waals surface area contributed by atoms with Crippen LogP contribution in [0.2, 0.25) is 0 Å². The van der Waals surface area contributed by atoms with E-state index in [9.17, 15) is 14.4 Å². The van der Waals surface area contributed by atoms with Crippen LogP contribution >= 0.6 is 0 Å². The third-order valence-electron chi connectivity index (χ3n) is 2.68. The van der Waals surface area contributed by atoms with Crippen LogP contribution in [0, 0.1) is 0 Å². The molecule has 0 aliphatic carbocycles. The summed E-state index contributed by atoms with van der Waals surface area (Å²) in [5.41, 5.74) is 10.5. The second-order valence-electron chi connectivity index (χ2n) is 4.54. The molecular weight excluding hydrogens is 308 g/mol. The van der Waals surface area contributed by atoms with Crippen LogP contribution in [0.1, 0.15) is 12.0 Å². The Morgan fingerprint density at radius 2 is 1.52 bits per heavy atom. The number of amides is 2. The van der Waals surface area contributed by atoms with Gasteiger partial charge in [-0.25, -0.2) is 9.59 Å². The number of aryl methyl sites for hydroxylation is 1. The molecule has 5 N–H and O–H groups in total. The normalized spacial score (nSPS) is 10.1. The molecule has 1 aromatic rings. The first-order chi connectivity index (χ1) is 10.9. The van der Waals surface area contributed by atoms with Gasteiger partial charge in [0, 0.05) is 6.42 Å². The van der Waals surface area contributed by atoms with Crippen molar-refractivity contribution in [1.82, 2.24) is 0 Å². The largest absolute Gasteiger partial charge is 0.508 e. The zero-order valence-electron chi connectivity index (χ0n) is 12.3. The molecule has 0 aromatic heterocycles. The number of phenolic OH excluding ortho intramolecular Hbond substituents is 1. The average Bonchev–Trinajstić information content (AvgIpc) is 2.49. The van der Waals surface area contributed by atoms with Crippen molar-refractivity contribution in [2.45, 2.75) is 18.9 Å². The quantitative estimate of drug-likeness (QED) is 0.462. The van der Waals surface area contributed by atoms with E-state index >= 15 is 0 Å². The second-order valence-corrected chi connectivity index (χ2v) is 4.54. The lowest BCUT2D eigenvalue weighted by Crippen LogP contribution is -2.32. The van der Waals surface area contributed by atoms with Gasteiger partial charge in [0.1, 0.15) is 19.0 Å². The summed E-state index contributed by atoms with van der Waals surface area (Å²) in [6, 6.07) is 6.36. The van der Waals surface area contributed by atoms with Gasteiger partial charge in [-0.05, 0) is 24.1 Å². The Hall–Kier alpha value is -2.97. The third-order valence-corrected chi connectivity index (χ3v) is 2.68. The molecule has 1 rings (SSSR count). The zero-order valence-corrected chi connectivity index (χ0v) is 12.3. The van der Waals surface area contributed by atoms with Crippen molar-refractivity contribution in [3.05, 3.63) is 29.8 Å². The monoisotopic (exact) mass is 326 g/mol. The number of primary amides is 2. The number of carbonyl (C=O) groups is 3. The molecule has 126 valence electrons. The van der Waals surface area contributed by atoms with Crippen LogP contribution in [-0.2, 0) is 25.4 Å². The molecule has 0 heterocycles. The first kappa shape index (κ1) is 18.1. The summed E-state index contributed by atoms with van der Waals surface area (Å²) in [5, 5.41) is 9.17. The third kappa shape index (κ3) is 8.15. The maximum atomic E-state index is 11.8. The molecule has 0 bridgehead atoms. The van der Waals surface area contributed by atoms with Crippen LogP contribution in [0.25, 0.3) is 0 Å². The van der Waals surface area contributed by atoms with E-state index in [-0.39, 0.29) is 25.4 Å². The standard InChI is InChI=1S/C14H18N2O7/c15-13(19)21-7-11(8-22-14(16)20)23-12(18)6-3-9-1-4-10(17)5-2-9/h1-2,4-5,11,17H,3,6-8H2,(H2,15,19)(H2,16,20). The molecular formula is C14H18N2O7. The number of hydrogen-bond donors (Lipinski definition) is 3. The SMILES string of the molecule is NC(=O)OCC(COC(N)=O)OC(=O)CCc1ccc(O)cc1. The van der Waals surface area contributed by atoms with E-state index in [1.807, 2.05) is 0 Å². The summed E-state index contributed by atoms with van der Waals surface area (Å²) >= 11 is 0. The highest BCUT2D eigenvalue weighted by Crippen LogP contribution is 2.11. The van der Waals surface area contributed by atoms with Gasteiger partial charge in [-0.3, -0.25) is 4.79 Å². The van der Waals surface area contributed by atoms with Crippen LogP contribution in [0.15, 0.2) is 24.3 Å². The summed E-state index contributed by atoms with van der Waals surface area (Å²) in [5.74, 6) is -0.451. The van der Waals surface area contributed by atoms with E-state index in [1.54, 1.807) is 12.1 Å². The number of esters is 1. The molecule has 0 saturated carbocycles. The number of aromatic hydroxyl groups is 1. The molecule has 0 saturated heterocycles. The van der Waals surface area contributed by atoms with E-state index in [1.165, 1.54) is 12.1 Å². The minimum Gasteiger partial charge on any atom is -0.508 e. The Balaban J connectivity index is 2.45. The van der Waals surface area contributed by atoms with E-state index in [4.69, 9.17) is 21.3 Å². The molecule has 0 aliphatic rings. The van der Waals surface area contributed by atoms with Gasteiger partial charge in [-0.2, -0.15) is 0 Å². The van der Waals surface area contributed by atoms with Gasteiger partial charge < -0.3 is 30.8 Å². The Morgan fingerprint density at radius 1 is 1.00 bits per heavy atom. The van der Waals surface area contributed by atoms with E-state index in [0.29, 0.717) is 6.42 Å². The zero-order chi connectivity index (χ0) is 17.2. The summed E-state index contributed by atoms with van der Waals surface area (Å²) < 4.78 is 14.1. The van der Waals surface area contributed by atoms with Crippen molar-refractivity contribution >= 4 is 18.2 Å². The molecule has 23 heavy (non-hydrogen) atoms. The maximum Gasteiger partial charge on any atom is 0.404 e.